The molecule has 2 unspecified atom stereocenters. The Balaban J connectivity index is 2.05. The first kappa shape index (κ1) is 13.9. The van der Waals surface area contributed by atoms with E-state index in [1.165, 1.54) is 0 Å². The molecule has 1 fully saturated rings. The summed E-state index contributed by atoms with van der Waals surface area (Å²) in [6, 6.07) is 2.16. The number of carbonyl (C=O) groups excluding carboxylic acids is 1. The maximum absolute atomic E-state index is 13.4. The molecule has 1 amide bonds. The average Bonchev–Trinajstić information content (AvgIpc) is 2.40. The zero-order valence-corrected chi connectivity index (χ0v) is 10.5. The predicted octanol–water partition coefficient (Wildman–Crippen LogP) is 2.43. The van der Waals surface area contributed by atoms with Crippen LogP contribution in [-0.2, 0) is 4.79 Å². The summed E-state index contributed by atoms with van der Waals surface area (Å²) in [6.07, 6.45) is 1.53. The van der Waals surface area contributed by atoms with E-state index in [0.717, 1.165) is 18.6 Å². The Morgan fingerprint density at radius 3 is 2.63 bits per heavy atom. The van der Waals surface area contributed by atoms with Crippen molar-refractivity contribution in [3.63, 3.8) is 0 Å². The second-order valence-electron chi connectivity index (χ2n) is 4.80. The van der Waals surface area contributed by atoms with Crippen molar-refractivity contribution in [1.82, 2.24) is 5.32 Å². The van der Waals surface area contributed by atoms with Gasteiger partial charge < -0.3 is 10.6 Å². The number of anilines is 1. The van der Waals surface area contributed by atoms with E-state index in [4.69, 9.17) is 0 Å². The van der Waals surface area contributed by atoms with Crippen molar-refractivity contribution in [3.8, 4) is 0 Å². The number of amides is 1. The molecule has 1 aliphatic rings. The Bertz CT molecular complexity index is 485. The molecule has 0 radical (unpaired) electrons. The van der Waals surface area contributed by atoms with Crippen molar-refractivity contribution in [2.75, 3.05) is 11.9 Å². The Hall–Kier alpha value is -1.56. The van der Waals surface area contributed by atoms with E-state index >= 15 is 0 Å². The second-order valence-corrected chi connectivity index (χ2v) is 4.80. The van der Waals surface area contributed by atoms with E-state index in [1.54, 1.807) is 0 Å². The molecule has 2 atom stereocenters. The van der Waals surface area contributed by atoms with Crippen molar-refractivity contribution in [3.05, 3.63) is 29.6 Å². The molecule has 1 aromatic rings. The highest BCUT2D eigenvalue weighted by molar-refractivity contribution is 5.92. The van der Waals surface area contributed by atoms with Crippen molar-refractivity contribution in [2.45, 2.75) is 25.8 Å². The molecule has 2 rings (SSSR count). The Kier molecular flexibility index (Phi) is 4.09. The lowest BCUT2D eigenvalue weighted by Gasteiger charge is -2.26. The molecule has 104 valence electrons. The quantitative estimate of drug-likeness (QED) is 0.812. The van der Waals surface area contributed by atoms with Crippen LogP contribution in [-0.4, -0.2) is 18.5 Å². The molecule has 1 saturated heterocycles. The summed E-state index contributed by atoms with van der Waals surface area (Å²) in [7, 11) is 0. The zero-order chi connectivity index (χ0) is 14.0. The van der Waals surface area contributed by atoms with Gasteiger partial charge in [-0.2, -0.15) is 0 Å². The molecule has 0 bridgehead atoms. The van der Waals surface area contributed by atoms with Gasteiger partial charge in [0.2, 0.25) is 5.91 Å². The predicted molar refractivity (Wildman–Crippen MR) is 65.1 cm³/mol. The van der Waals surface area contributed by atoms with Gasteiger partial charge >= 0.3 is 0 Å². The van der Waals surface area contributed by atoms with Crippen LogP contribution in [0.3, 0.4) is 0 Å². The fourth-order valence-corrected chi connectivity index (χ4v) is 2.08. The van der Waals surface area contributed by atoms with E-state index in [0.29, 0.717) is 19.0 Å². The molecule has 6 heteroatoms. The van der Waals surface area contributed by atoms with Crippen LogP contribution in [0.1, 0.15) is 19.8 Å². The molecular weight excluding hydrogens is 257 g/mol. The molecule has 2 N–H and O–H groups in total. The first-order chi connectivity index (χ1) is 8.99. The van der Waals surface area contributed by atoms with Crippen LogP contribution in [0.5, 0.6) is 0 Å². The van der Waals surface area contributed by atoms with Crippen LogP contribution < -0.4 is 10.6 Å². The van der Waals surface area contributed by atoms with Gasteiger partial charge in [-0.15, -0.1) is 0 Å². The standard InChI is InChI=1S/C13H15F3N2O/c1-7-2-3-8(6-17-7)13(19)18-10-5-4-9(14)11(15)12(10)16/h4-5,7-8,17H,2-3,6H2,1H3,(H,18,19). The summed E-state index contributed by atoms with van der Waals surface area (Å²) in [4.78, 5) is 11.9. The number of hydrogen-bond donors (Lipinski definition) is 2. The number of nitrogens with one attached hydrogen (secondary N) is 2. The van der Waals surface area contributed by atoms with E-state index in [-0.39, 0.29) is 17.5 Å². The summed E-state index contributed by atoms with van der Waals surface area (Å²) >= 11 is 0. The third-order valence-corrected chi connectivity index (χ3v) is 3.32. The van der Waals surface area contributed by atoms with Crippen LogP contribution in [0.2, 0.25) is 0 Å². The number of hydrogen-bond acceptors (Lipinski definition) is 2. The minimum Gasteiger partial charge on any atom is -0.323 e. The summed E-state index contributed by atoms with van der Waals surface area (Å²) in [6.45, 7) is 2.52. The molecule has 0 saturated carbocycles. The second kappa shape index (κ2) is 5.61. The first-order valence-electron chi connectivity index (χ1n) is 6.16. The van der Waals surface area contributed by atoms with Crippen LogP contribution in [0.25, 0.3) is 0 Å². The van der Waals surface area contributed by atoms with Crippen molar-refractivity contribution in [2.24, 2.45) is 5.92 Å². The third-order valence-electron chi connectivity index (χ3n) is 3.32. The highest BCUT2D eigenvalue weighted by Crippen LogP contribution is 2.22. The van der Waals surface area contributed by atoms with Gasteiger partial charge in [0, 0.05) is 12.6 Å². The number of carbonyl (C=O) groups is 1. The van der Waals surface area contributed by atoms with Gasteiger partial charge in [0.15, 0.2) is 17.5 Å². The molecule has 3 nitrogen and oxygen atoms in total. The molecule has 19 heavy (non-hydrogen) atoms. The number of halogens is 3. The SMILES string of the molecule is CC1CCC(C(=O)Nc2ccc(F)c(F)c2F)CN1. The van der Waals surface area contributed by atoms with Crippen molar-refractivity contribution in [1.29, 1.82) is 0 Å². The van der Waals surface area contributed by atoms with Gasteiger partial charge in [0.1, 0.15) is 0 Å². The number of rotatable bonds is 2. The van der Waals surface area contributed by atoms with E-state index in [2.05, 4.69) is 10.6 Å². The maximum atomic E-state index is 13.4. The van der Waals surface area contributed by atoms with Gasteiger partial charge in [0.05, 0.1) is 11.6 Å². The minimum absolute atomic E-state index is 0.288. The normalized spacial score (nSPS) is 23.2. The van der Waals surface area contributed by atoms with E-state index in [1.807, 2.05) is 6.92 Å². The number of benzene rings is 1. The average molecular weight is 272 g/mol. The molecule has 1 aromatic carbocycles. The lowest BCUT2D eigenvalue weighted by Crippen LogP contribution is -2.41. The topological polar surface area (TPSA) is 41.1 Å². The van der Waals surface area contributed by atoms with Gasteiger partial charge in [-0.25, -0.2) is 13.2 Å². The molecular formula is C13H15F3N2O. The lowest BCUT2D eigenvalue weighted by atomic mass is 9.95. The fraction of sp³-hybridized carbons (Fsp3) is 0.462. The smallest absolute Gasteiger partial charge is 0.228 e. The maximum Gasteiger partial charge on any atom is 0.228 e. The van der Waals surface area contributed by atoms with Crippen LogP contribution in [0.15, 0.2) is 12.1 Å². The van der Waals surface area contributed by atoms with Gasteiger partial charge in [0.25, 0.3) is 0 Å². The Morgan fingerprint density at radius 1 is 1.26 bits per heavy atom. The fourth-order valence-electron chi connectivity index (χ4n) is 2.08. The molecule has 1 heterocycles. The van der Waals surface area contributed by atoms with E-state index < -0.39 is 17.5 Å². The largest absolute Gasteiger partial charge is 0.323 e. The summed E-state index contributed by atoms with van der Waals surface area (Å²) in [5.41, 5.74) is -0.331. The van der Waals surface area contributed by atoms with Gasteiger partial charge in [-0.3, -0.25) is 4.79 Å². The minimum atomic E-state index is -1.58. The summed E-state index contributed by atoms with van der Waals surface area (Å²) in [5, 5.41) is 5.45. The summed E-state index contributed by atoms with van der Waals surface area (Å²) < 4.78 is 39.2. The zero-order valence-electron chi connectivity index (χ0n) is 10.5. The Labute approximate surface area is 109 Å². The molecule has 0 spiro atoms. The van der Waals surface area contributed by atoms with Crippen LogP contribution >= 0.6 is 0 Å². The van der Waals surface area contributed by atoms with Gasteiger partial charge in [-0.05, 0) is 31.9 Å². The summed E-state index contributed by atoms with van der Waals surface area (Å²) in [5.74, 6) is -4.89. The van der Waals surface area contributed by atoms with E-state index in [9.17, 15) is 18.0 Å². The molecule has 0 aliphatic carbocycles. The third kappa shape index (κ3) is 3.07. The highest BCUT2D eigenvalue weighted by atomic mass is 19.2. The van der Waals surface area contributed by atoms with Crippen molar-refractivity contribution < 1.29 is 18.0 Å². The first-order valence-corrected chi connectivity index (χ1v) is 6.16. The molecule has 0 aromatic heterocycles. The Morgan fingerprint density at radius 2 is 2.00 bits per heavy atom. The number of piperidine rings is 1. The monoisotopic (exact) mass is 272 g/mol. The molecule has 1 aliphatic heterocycles. The van der Waals surface area contributed by atoms with Crippen LogP contribution in [0, 0.1) is 23.4 Å². The van der Waals surface area contributed by atoms with Crippen LogP contribution in [0.4, 0.5) is 18.9 Å². The highest BCUT2D eigenvalue weighted by Gasteiger charge is 2.25. The van der Waals surface area contributed by atoms with Gasteiger partial charge in [-0.1, -0.05) is 0 Å². The lowest BCUT2D eigenvalue weighted by molar-refractivity contribution is -0.120. The van der Waals surface area contributed by atoms with Crippen molar-refractivity contribution >= 4 is 11.6 Å².